The minimum absolute atomic E-state index is 0.290. The van der Waals surface area contributed by atoms with Crippen LogP contribution in [0.5, 0.6) is 0 Å². The summed E-state index contributed by atoms with van der Waals surface area (Å²) < 4.78 is 0. The summed E-state index contributed by atoms with van der Waals surface area (Å²) in [5.74, 6) is 0. The molecule has 94 valence electrons. The maximum Gasteiger partial charge on any atom is 0.0584 e. The number of nitrogens with one attached hydrogen (secondary N) is 1. The van der Waals surface area contributed by atoms with Crippen LogP contribution in [0.2, 0.25) is 0 Å². The molecule has 0 radical (unpaired) electrons. The molecule has 16 heavy (non-hydrogen) atoms. The minimum atomic E-state index is 0.290. The normalized spacial score (nSPS) is 27.4. The van der Waals surface area contributed by atoms with E-state index in [1.165, 1.54) is 51.4 Å². The molecule has 0 amide bonds. The average Bonchev–Trinajstić information content (AvgIpc) is 2.77. The lowest BCUT2D eigenvalue weighted by atomic mass is 9.71. The van der Waals surface area contributed by atoms with E-state index in [4.69, 9.17) is 0 Å². The summed E-state index contributed by atoms with van der Waals surface area (Å²) in [7, 11) is 0. The van der Waals surface area contributed by atoms with Crippen molar-refractivity contribution in [2.75, 3.05) is 6.61 Å². The summed E-state index contributed by atoms with van der Waals surface area (Å²) in [6.07, 6.45) is 12.4. The molecule has 0 bridgehead atoms. The van der Waals surface area contributed by atoms with Gasteiger partial charge < -0.3 is 10.4 Å². The first-order valence-corrected chi connectivity index (χ1v) is 7.15. The van der Waals surface area contributed by atoms with Crippen LogP contribution in [0.3, 0.4) is 0 Å². The molecule has 0 saturated heterocycles. The van der Waals surface area contributed by atoms with Crippen LogP contribution in [0.25, 0.3) is 0 Å². The first kappa shape index (κ1) is 12.4. The van der Waals surface area contributed by atoms with Crippen LogP contribution in [0.4, 0.5) is 0 Å². The maximum atomic E-state index is 9.20. The molecule has 2 heteroatoms. The summed E-state index contributed by atoms with van der Waals surface area (Å²) in [4.78, 5) is 0. The fourth-order valence-corrected chi connectivity index (χ4v) is 3.65. The standard InChI is InChI=1S/C14H27NO/c1-2-12(11-16)15-13-5-9-14(10-6-13)7-3-4-8-14/h12-13,15-16H,2-11H2,1H3/t12-/m0/s1. The third-order valence-corrected chi connectivity index (χ3v) is 4.90. The molecule has 1 atom stereocenters. The quantitative estimate of drug-likeness (QED) is 0.771. The van der Waals surface area contributed by atoms with Crippen molar-refractivity contribution in [1.82, 2.24) is 5.32 Å². The number of rotatable bonds is 4. The van der Waals surface area contributed by atoms with Gasteiger partial charge in [-0.2, -0.15) is 0 Å². The van der Waals surface area contributed by atoms with E-state index in [1.54, 1.807) is 0 Å². The molecule has 0 unspecified atom stereocenters. The number of aliphatic hydroxyl groups excluding tert-OH is 1. The summed E-state index contributed by atoms with van der Waals surface area (Å²) in [5.41, 5.74) is 0.735. The SMILES string of the molecule is CC[C@@H](CO)NC1CCC2(CCCC2)CC1. The molecular weight excluding hydrogens is 198 g/mol. The van der Waals surface area contributed by atoms with Gasteiger partial charge >= 0.3 is 0 Å². The Balaban J connectivity index is 1.76. The highest BCUT2D eigenvalue weighted by atomic mass is 16.3. The lowest BCUT2D eigenvalue weighted by molar-refractivity contribution is 0.149. The van der Waals surface area contributed by atoms with Crippen molar-refractivity contribution in [3.8, 4) is 0 Å². The molecular formula is C14H27NO. The molecule has 2 N–H and O–H groups in total. The Hall–Kier alpha value is -0.0800. The van der Waals surface area contributed by atoms with E-state index in [0.29, 0.717) is 12.1 Å². The van der Waals surface area contributed by atoms with Crippen LogP contribution in [0.1, 0.15) is 64.7 Å². The van der Waals surface area contributed by atoms with Crippen LogP contribution in [-0.2, 0) is 0 Å². The first-order valence-electron chi connectivity index (χ1n) is 7.15. The second-order valence-corrected chi connectivity index (χ2v) is 5.94. The molecule has 2 fully saturated rings. The van der Waals surface area contributed by atoms with Gasteiger partial charge in [-0.15, -0.1) is 0 Å². The van der Waals surface area contributed by atoms with Crippen LogP contribution >= 0.6 is 0 Å². The lowest BCUT2D eigenvalue weighted by Gasteiger charge is -2.38. The van der Waals surface area contributed by atoms with E-state index in [9.17, 15) is 5.11 Å². The zero-order valence-electron chi connectivity index (χ0n) is 10.7. The predicted molar refractivity (Wildman–Crippen MR) is 67.5 cm³/mol. The van der Waals surface area contributed by atoms with Gasteiger partial charge in [0.15, 0.2) is 0 Å². The fourth-order valence-electron chi connectivity index (χ4n) is 3.65. The van der Waals surface area contributed by atoms with Gasteiger partial charge in [-0.05, 0) is 50.4 Å². The zero-order valence-corrected chi connectivity index (χ0v) is 10.7. The van der Waals surface area contributed by atoms with Crippen molar-refractivity contribution in [1.29, 1.82) is 0 Å². The van der Waals surface area contributed by atoms with E-state index in [0.717, 1.165) is 11.8 Å². The molecule has 0 aliphatic heterocycles. The van der Waals surface area contributed by atoms with Crippen molar-refractivity contribution in [2.24, 2.45) is 5.41 Å². The van der Waals surface area contributed by atoms with Crippen LogP contribution in [-0.4, -0.2) is 23.8 Å². The van der Waals surface area contributed by atoms with Gasteiger partial charge in [0.1, 0.15) is 0 Å². The minimum Gasteiger partial charge on any atom is -0.395 e. The van der Waals surface area contributed by atoms with Crippen LogP contribution in [0, 0.1) is 5.41 Å². The first-order chi connectivity index (χ1) is 7.78. The molecule has 2 aliphatic rings. The van der Waals surface area contributed by atoms with Crippen LogP contribution < -0.4 is 5.32 Å². The van der Waals surface area contributed by atoms with E-state index in [2.05, 4.69) is 12.2 Å². The second kappa shape index (κ2) is 5.50. The zero-order chi connectivity index (χ0) is 11.4. The van der Waals surface area contributed by atoms with E-state index >= 15 is 0 Å². The van der Waals surface area contributed by atoms with Crippen molar-refractivity contribution in [3.05, 3.63) is 0 Å². The summed E-state index contributed by atoms with van der Waals surface area (Å²) in [6, 6.07) is 0.992. The molecule has 2 rings (SSSR count). The largest absolute Gasteiger partial charge is 0.395 e. The molecule has 2 nitrogen and oxygen atoms in total. The molecule has 0 heterocycles. The molecule has 2 saturated carbocycles. The van der Waals surface area contributed by atoms with Crippen molar-refractivity contribution < 1.29 is 5.11 Å². The maximum absolute atomic E-state index is 9.20. The Morgan fingerprint density at radius 2 is 1.81 bits per heavy atom. The molecule has 0 aromatic carbocycles. The molecule has 0 aromatic heterocycles. The highest BCUT2D eigenvalue weighted by Crippen LogP contribution is 2.48. The van der Waals surface area contributed by atoms with Gasteiger partial charge in [0.05, 0.1) is 6.61 Å². The Morgan fingerprint density at radius 1 is 1.19 bits per heavy atom. The smallest absolute Gasteiger partial charge is 0.0584 e. The highest BCUT2D eigenvalue weighted by Gasteiger charge is 2.37. The molecule has 0 aromatic rings. The Kier molecular flexibility index (Phi) is 4.26. The van der Waals surface area contributed by atoms with Gasteiger partial charge in [-0.1, -0.05) is 19.8 Å². The average molecular weight is 225 g/mol. The van der Waals surface area contributed by atoms with Crippen molar-refractivity contribution in [3.63, 3.8) is 0 Å². The van der Waals surface area contributed by atoms with Crippen molar-refractivity contribution in [2.45, 2.75) is 76.8 Å². The van der Waals surface area contributed by atoms with Gasteiger partial charge in [0.2, 0.25) is 0 Å². The summed E-state index contributed by atoms with van der Waals surface area (Å²) >= 11 is 0. The third-order valence-electron chi connectivity index (χ3n) is 4.90. The monoisotopic (exact) mass is 225 g/mol. The van der Waals surface area contributed by atoms with Crippen LogP contribution in [0.15, 0.2) is 0 Å². The number of hydrogen-bond acceptors (Lipinski definition) is 2. The summed E-state index contributed by atoms with van der Waals surface area (Å²) in [6.45, 7) is 2.44. The molecule has 2 aliphatic carbocycles. The van der Waals surface area contributed by atoms with Gasteiger partial charge in [0, 0.05) is 12.1 Å². The highest BCUT2D eigenvalue weighted by molar-refractivity contribution is 4.91. The number of aliphatic hydroxyl groups is 1. The van der Waals surface area contributed by atoms with Gasteiger partial charge in [-0.3, -0.25) is 0 Å². The Morgan fingerprint density at radius 3 is 2.31 bits per heavy atom. The van der Waals surface area contributed by atoms with E-state index < -0.39 is 0 Å². The molecule has 1 spiro atoms. The Bertz CT molecular complexity index is 197. The van der Waals surface area contributed by atoms with Crippen molar-refractivity contribution >= 4 is 0 Å². The second-order valence-electron chi connectivity index (χ2n) is 5.94. The van der Waals surface area contributed by atoms with Gasteiger partial charge in [-0.25, -0.2) is 0 Å². The van der Waals surface area contributed by atoms with E-state index in [-0.39, 0.29) is 6.61 Å². The fraction of sp³-hybridized carbons (Fsp3) is 1.00. The predicted octanol–water partition coefficient (Wildman–Crippen LogP) is 2.85. The van der Waals surface area contributed by atoms with E-state index in [1.807, 2.05) is 0 Å². The lowest BCUT2D eigenvalue weighted by Crippen LogP contribution is -2.43. The Labute approximate surface area is 99.8 Å². The topological polar surface area (TPSA) is 32.3 Å². The third kappa shape index (κ3) is 2.78. The summed E-state index contributed by atoms with van der Waals surface area (Å²) in [5, 5.41) is 12.8. The number of hydrogen-bond donors (Lipinski definition) is 2. The van der Waals surface area contributed by atoms with Gasteiger partial charge in [0.25, 0.3) is 0 Å².